The standard InChI is InChI=1S/C58H41N5/c1-58(2,3)37-30-31-59-56(32-37)62-50-25-12-11-22-44(50)49-34-48-43-21-10-8-19-41(43)40-18-7-9-20-42(40)46-23-15-24-47-45-29-28-39(33-53(45)63(57(46)47)55(48)35-54(49)62)61-36-60(38-16-5-4-6-17-38)51-26-13-14-27-52(51)61/h4-35H,1-3H3. The van der Waals surface area contributed by atoms with E-state index in [1.165, 1.54) is 64.9 Å². The first-order chi connectivity index (χ1) is 30.9. The average Bonchev–Trinajstić information content (AvgIpc) is 3.99. The molecule has 0 saturated heterocycles. The maximum atomic E-state index is 5.08. The fourth-order valence-electron chi connectivity index (χ4n) is 10.2. The molecule has 0 aliphatic carbocycles. The van der Waals surface area contributed by atoms with Gasteiger partial charge >= 0.3 is 0 Å². The lowest BCUT2D eigenvalue weighted by Gasteiger charge is -2.20. The molecular formula is C58H41N5. The molecule has 0 bridgehead atoms. The Morgan fingerprint density at radius 1 is 0.444 bits per heavy atom. The number of hydrogen-bond acceptors (Lipinski definition) is 1. The normalized spacial score (nSPS) is 12.4. The molecule has 13 aromatic rings. The molecule has 13 rings (SSSR count). The molecule has 0 amide bonds. The minimum absolute atomic E-state index is 0.0390. The molecule has 8 aromatic carbocycles. The molecule has 0 N–H and O–H groups in total. The van der Waals surface area contributed by atoms with Crippen LogP contribution >= 0.6 is 0 Å². The molecule has 0 fully saturated rings. The first kappa shape index (κ1) is 35.7. The van der Waals surface area contributed by atoms with Gasteiger partial charge in [0.2, 0.25) is 0 Å². The third-order valence-electron chi connectivity index (χ3n) is 13.2. The van der Waals surface area contributed by atoms with E-state index >= 15 is 0 Å². The van der Waals surface area contributed by atoms with Crippen LogP contribution in [-0.4, -0.2) is 18.5 Å². The maximum Gasteiger partial charge on any atom is 0.269 e. The van der Waals surface area contributed by atoms with Crippen molar-refractivity contribution in [2.75, 3.05) is 0 Å². The van der Waals surface area contributed by atoms with Crippen LogP contribution in [0.5, 0.6) is 0 Å². The van der Waals surface area contributed by atoms with Gasteiger partial charge in [0.15, 0.2) is 0 Å². The van der Waals surface area contributed by atoms with Gasteiger partial charge in [-0.15, -0.1) is 0 Å². The number of rotatable bonds is 3. The summed E-state index contributed by atoms with van der Waals surface area (Å²) in [7, 11) is 0. The third kappa shape index (κ3) is 5.23. The predicted octanol–water partition coefficient (Wildman–Crippen LogP) is 14.1. The largest absolute Gasteiger partial charge is 0.308 e. The van der Waals surface area contributed by atoms with E-state index in [0.29, 0.717) is 0 Å². The lowest BCUT2D eigenvalue weighted by Crippen LogP contribution is -2.29. The number of hydrogen-bond donors (Lipinski definition) is 0. The first-order valence-electron chi connectivity index (χ1n) is 21.7. The molecule has 5 aromatic heterocycles. The summed E-state index contributed by atoms with van der Waals surface area (Å²) < 4.78 is 9.30. The minimum atomic E-state index is -0.0390. The Balaban J connectivity index is 1.26. The second kappa shape index (κ2) is 13.2. The van der Waals surface area contributed by atoms with E-state index in [1.807, 2.05) is 6.20 Å². The molecule has 5 heterocycles. The van der Waals surface area contributed by atoms with E-state index in [-0.39, 0.29) is 5.41 Å². The quantitative estimate of drug-likeness (QED) is 0.129. The molecule has 0 atom stereocenters. The van der Waals surface area contributed by atoms with Crippen molar-refractivity contribution in [3.8, 4) is 17.2 Å². The Labute approximate surface area is 363 Å². The lowest BCUT2D eigenvalue weighted by molar-refractivity contribution is -0.572. The highest BCUT2D eigenvalue weighted by atomic mass is 15.1. The number of benzene rings is 8. The summed E-state index contributed by atoms with van der Waals surface area (Å²) in [5, 5.41) is 12.0. The highest BCUT2D eigenvalue weighted by molar-refractivity contribution is 6.27. The van der Waals surface area contributed by atoms with Gasteiger partial charge in [0.05, 0.1) is 50.0 Å². The topological polar surface area (TPSA) is 31.0 Å². The average molecular weight is 808 g/mol. The summed E-state index contributed by atoms with van der Waals surface area (Å²) in [5.41, 5.74) is 11.2. The van der Waals surface area contributed by atoms with Crippen LogP contribution in [-0.2, 0) is 5.41 Å². The molecule has 5 heteroatoms. The molecule has 0 saturated carbocycles. The van der Waals surface area contributed by atoms with Crippen molar-refractivity contribution >= 4 is 92.5 Å². The number of fused-ring (bicyclic) bond motifs is 14. The molecule has 0 aliphatic rings. The predicted molar refractivity (Wildman–Crippen MR) is 262 cm³/mol. The van der Waals surface area contributed by atoms with Crippen LogP contribution in [0.15, 0.2) is 194 Å². The lowest BCUT2D eigenvalue weighted by atomic mass is 9.88. The van der Waals surface area contributed by atoms with Crippen molar-refractivity contribution in [3.63, 3.8) is 0 Å². The highest BCUT2D eigenvalue weighted by Gasteiger charge is 2.22. The monoisotopic (exact) mass is 807 g/mol. The van der Waals surface area contributed by atoms with Crippen molar-refractivity contribution in [2.24, 2.45) is 0 Å². The molecule has 0 spiro atoms. The third-order valence-corrected chi connectivity index (χ3v) is 13.2. The molecule has 5 nitrogen and oxygen atoms in total. The molecule has 0 aliphatic heterocycles. The Morgan fingerprint density at radius 3 is 1.76 bits per heavy atom. The van der Waals surface area contributed by atoms with Crippen molar-refractivity contribution in [1.29, 1.82) is 0 Å². The van der Waals surface area contributed by atoms with Crippen molar-refractivity contribution in [1.82, 2.24) is 18.5 Å². The molecule has 298 valence electrons. The summed E-state index contributed by atoms with van der Waals surface area (Å²) in [6.07, 6.45) is 5.72. The van der Waals surface area contributed by atoms with Crippen LogP contribution < -0.4 is 4.57 Å². The van der Waals surface area contributed by atoms with E-state index in [9.17, 15) is 0 Å². The van der Waals surface area contributed by atoms with Crippen molar-refractivity contribution in [2.45, 2.75) is 26.2 Å². The van der Waals surface area contributed by atoms with Crippen LogP contribution in [0.2, 0.25) is 0 Å². The fourth-order valence-corrected chi connectivity index (χ4v) is 10.2. The first-order valence-corrected chi connectivity index (χ1v) is 21.7. The zero-order chi connectivity index (χ0) is 42.0. The van der Waals surface area contributed by atoms with Crippen LogP contribution in [0.1, 0.15) is 26.3 Å². The SMILES string of the molecule is CC(C)(C)c1ccnc(-n2c3ccccc3c3cc4c5ccccc5c5ccccc5c5cccc6c7ccc(-n8[c-][n+](-c9ccccc9)c9ccccc98)cc7n(c4cc32)c56)c1. The van der Waals surface area contributed by atoms with Gasteiger partial charge in [-0.05, 0) is 87.1 Å². The van der Waals surface area contributed by atoms with Gasteiger partial charge in [-0.1, -0.05) is 154 Å². The van der Waals surface area contributed by atoms with Gasteiger partial charge in [0.25, 0.3) is 6.33 Å². The Kier molecular flexibility index (Phi) is 7.50. The zero-order valence-electron chi connectivity index (χ0n) is 35.2. The minimum Gasteiger partial charge on any atom is -0.308 e. The summed E-state index contributed by atoms with van der Waals surface area (Å²) in [6, 6.07) is 68.8. The van der Waals surface area contributed by atoms with Crippen molar-refractivity contribution in [3.05, 3.63) is 206 Å². The van der Waals surface area contributed by atoms with Gasteiger partial charge < -0.3 is 4.40 Å². The maximum absolute atomic E-state index is 5.08. The van der Waals surface area contributed by atoms with E-state index in [2.05, 4.69) is 233 Å². The number of pyridine rings is 1. The van der Waals surface area contributed by atoms with E-state index in [4.69, 9.17) is 4.98 Å². The number of nitrogens with zero attached hydrogens (tertiary/aromatic N) is 5. The summed E-state index contributed by atoms with van der Waals surface area (Å²) >= 11 is 0. The van der Waals surface area contributed by atoms with E-state index in [1.54, 1.807) is 0 Å². The number of imidazole rings is 1. The smallest absolute Gasteiger partial charge is 0.269 e. The van der Waals surface area contributed by atoms with Gasteiger partial charge in [0.1, 0.15) is 5.82 Å². The van der Waals surface area contributed by atoms with Crippen molar-refractivity contribution < 1.29 is 4.57 Å². The molecule has 0 radical (unpaired) electrons. The van der Waals surface area contributed by atoms with E-state index < -0.39 is 0 Å². The molecule has 0 unspecified atom stereocenters. The second-order valence-electron chi connectivity index (χ2n) is 17.8. The van der Waals surface area contributed by atoms with Gasteiger partial charge in [-0.25, -0.2) is 4.98 Å². The van der Waals surface area contributed by atoms with Gasteiger partial charge in [0, 0.05) is 38.5 Å². The molecular weight excluding hydrogens is 767 g/mol. The zero-order valence-corrected chi connectivity index (χ0v) is 35.2. The van der Waals surface area contributed by atoms with Gasteiger partial charge in [-0.3, -0.25) is 13.7 Å². The fraction of sp³-hybridized carbons (Fsp3) is 0.0690. The van der Waals surface area contributed by atoms with Crippen LogP contribution in [0.25, 0.3) is 110 Å². The number of aromatic nitrogens is 5. The van der Waals surface area contributed by atoms with E-state index in [0.717, 1.165) is 50.3 Å². The Bertz CT molecular complexity index is 4070. The second-order valence-corrected chi connectivity index (χ2v) is 17.8. The number of para-hydroxylation sites is 5. The Morgan fingerprint density at radius 2 is 1.02 bits per heavy atom. The summed E-state index contributed by atoms with van der Waals surface area (Å²) in [5.74, 6) is 0.913. The summed E-state index contributed by atoms with van der Waals surface area (Å²) in [4.78, 5) is 5.08. The molecule has 63 heavy (non-hydrogen) atoms. The van der Waals surface area contributed by atoms with Crippen LogP contribution in [0.3, 0.4) is 0 Å². The van der Waals surface area contributed by atoms with Crippen LogP contribution in [0, 0.1) is 6.33 Å². The Hall–Kier alpha value is -8.02. The highest BCUT2D eigenvalue weighted by Crippen LogP contribution is 2.42. The summed E-state index contributed by atoms with van der Waals surface area (Å²) in [6.45, 7) is 6.80. The van der Waals surface area contributed by atoms with Crippen LogP contribution in [0.4, 0.5) is 0 Å². The van der Waals surface area contributed by atoms with Gasteiger partial charge in [-0.2, -0.15) is 0 Å².